The van der Waals surface area contributed by atoms with E-state index in [1.165, 1.54) is 0 Å². The topological polar surface area (TPSA) is 43.8 Å². The zero-order valence-corrected chi connectivity index (χ0v) is 11.4. The first-order valence-corrected chi connectivity index (χ1v) is 6.08. The molecule has 3 nitrogen and oxygen atoms in total. The van der Waals surface area contributed by atoms with Crippen molar-refractivity contribution in [2.75, 3.05) is 5.73 Å². The molecule has 0 amide bonds. The highest BCUT2D eigenvalue weighted by atomic mass is 127. The van der Waals surface area contributed by atoms with Crippen LogP contribution < -0.4 is 5.73 Å². The van der Waals surface area contributed by atoms with E-state index < -0.39 is 0 Å². The van der Waals surface area contributed by atoms with Crippen molar-refractivity contribution in [1.29, 1.82) is 0 Å². The maximum absolute atomic E-state index is 5.67. The minimum atomic E-state index is 0.778. The van der Waals surface area contributed by atoms with Gasteiger partial charge in [-0.15, -0.1) is 0 Å². The monoisotopic (exact) mass is 411 g/mol. The van der Waals surface area contributed by atoms with Gasteiger partial charge in [0.15, 0.2) is 0 Å². The molecule has 0 fully saturated rings. The van der Waals surface area contributed by atoms with Gasteiger partial charge in [0.2, 0.25) is 0 Å². The normalized spacial score (nSPS) is 10.4. The highest BCUT2D eigenvalue weighted by Gasteiger charge is 2.03. The largest absolute Gasteiger partial charge is 0.399 e. The third-order valence-corrected chi connectivity index (χ3v) is 3.19. The van der Waals surface area contributed by atoms with E-state index in [9.17, 15) is 0 Å². The number of hydrogen-bond acceptors (Lipinski definition) is 2. The van der Waals surface area contributed by atoms with Gasteiger partial charge in [-0.3, -0.25) is 0 Å². The standard InChI is InChI=1S/C9H7I2N3/c10-6-4-13-14(5-6)9-2-1-7(12)3-8(9)11/h1-5H,12H2. The van der Waals surface area contributed by atoms with Crippen molar-refractivity contribution < 1.29 is 0 Å². The summed E-state index contributed by atoms with van der Waals surface area (Å²) in [5.41, 5.74) is 7.51. The Kier molecular flexibility index (Phi) is 2.96. The smallest absolute Gasteiger partial charge is 0.0780 e. The second-order valence-electron chi connectivity index (χ2n) is 2.81. The Morgan fingerprint density at radius 1 is 1.29 bits per heavy atom. The fourth-order valence-corrected chi connectivity index (χ4v) is 2.32. The van der Waals surface area contributed by atoms with Crippen molar-refractivity contribution in [1.82, 2.24) is 9.78 Å². The third-order valence-electron chi connectivity index (χ3n) is 1.77. The van der Waals surface area contributed by atoms with Crippen LogP contribution in [0.4, 0.5) is 5.69 Å². The average molecular weight is 411 g/mol. The fraction of sp³-hybridized carbons (Fsp3) is 0. The van der Waals surface area contributed by atoms with Crippen LogP contribution in [0.25, 0.3) is 5.69 Å². The Bertz CT molecular complexity index is 465. The lowest BCUT2D eigenvalue weighted by molar-refractivity contribution is 0.876. The molecule has 0 atom stereocenters. The first kappa shape index (κ1) is 10.2. The van der Waals surface area contributed by atoms with Crippen LogP contribution in [0.3, 0.4) is 0 Å². The van der Waals surface area contributed by atoms with E-state index in [1.54, 1.807) is 0 Å². The second kappa shape index (κ2) is 4.05. The maximum Gasteiger partial charge on any atom is 0.0780 e. The van der Waals surface area contributed by atoms with Gasteiger partial charge in [0.25, 0.3) is 0 Å². The van der Waals surface area contributed by atoms with E-state index >= 15 is 0 Å². The van der Waals surface area contributed by atoms with Crippen LogP contribution in [-0.4, -0.2) is 9.78 Å². The van der Waals surface area contributed by atoms with Crippen molar-refractivity contribution >= 4 is 50.9 Å². The highest BCUT2D eigenvalue weighted by Crippen LogP contribution is 2.19. The van der Waals surface area contributed by atoms with Crippen molar-refractivity contribution in [3.05, 3.63) is 37.7 Å². The van der Waals surface area contributed by atoms with Gasteiger partial charge in [-0.25, -0.2) is 4.68 Å². The van der Waals surface area contributed by atoms with Crippen LogP contribution in [0.15, 0.2) is 30.6 Å². The van der Waals surface area contributed by atoms with Gasteiger partial charge in [-0.05, 0) is 63.4 Å². The molecular formula is C9H7I2N3. The Morgan fingerprint density at radius 3 is 2.64 bits per heavy atom. The summed E-state index contributed by atoms with van der Waals surface area (Å²) in [5, 5.41) is 4.24. The van der Waals surface area contributed by atoms with Gasteiger partial charge in [0, 0.05) is 15.5 Å². The van der Waals surface area contributed by atoms with E-state index in [-0.39, 0.29) is 0 Å². The maximum atomic E-state index is 5.67. The predicted molar refractivity (Wildman–Crippen MR) is 73.4 cm³/mol. The molecule has 0 spiro atoms. The number of aromatic nitrogens is 2. The van der Waals surface area contributed by atoms with Crippen LogP contribution in [0.1, 0.15) is 0 Å². The Hall–Kier alpha value is -0.310. The van der Waals surface area contributed by atoms with Crippen molar-refractivity contribution in [3.63, 3.8) is 0 Å². The first-order valence-electron chi connectivity index (χ1n) is 3.92. The fourth-order valence-electron chi connectivity index (χ4n) is 1.14. The quantitative estimate of drug-likeness (QED) is 0.580. The zero-order valence-electron chi connectivity index (χ0n) is 7.11. The van der Waals surface area contributed by atoms with E-state index in [0.717, 1.165) is 18.5 Å². The molecule has 0 radical (unpaired) electrons. The van der Waals surface area contributed by atoms with Crippen molar-refractivity contribution in [3.8, 4) is 5.69 Å². The lowest BCUT2D eigenvalue weighted by Crippen LogP contribution is -1.98. The van der Waals surface area contributed by atoms with E-state index in [0.29, 0.717) is 0 Å². The minimum absolute atomic E-state index is 0.778. The van der Waals surface area contributed by atoms with Crippen molar-refractivity contribution in [2.45, 2.75) is 0 Å². The summed E-state index contributed by atoms with van der Waals surface area (Å²) in [4.78, 5) is 0. The molecule has 0 bridgehead atoms. The molecule has 0 aliphatic rings. The number of nitrogens with two attached hydrogens (primary N) is 1. The molecule has 2 rings (SSSR count). The van der Waals surface area contributed by atoms with Gasteiger partial charge in [-0.1, -0.05) is 0 Å². The lowest BCUT2D eigenvalue weighted by Gasteiger charge is -2.04. The summed E-state index contributed by atoms with van der Waals surface area (Å²) in [7, 11) is 0. The van der Waals surface area contributed by atoms with Gasteiger partial charge in [0.1, 0.15) is 0 Å². The molecule has 2 N–H and O–H groups in total. The molecule has 1 aromatic heterocycles. The van der Waals surface area contributed by atoms with E-state index in [4.69, 9.17) is 5.73 Å². The SMILES string of the molecule is Nc1ccc(-n2cc(I)cn2)c(I)c1. The number of halogens is 2. The van der Waals surface area contributed by atoms with Gasteiger partial charge in [-0.2, -0.15) is 5.10 Å². The lowest BCUT2D eigenvalue weighted by atomic mass is 10.3. The molecule has 0 saturated heterocycles. The number of hydrogen-bond donors (Lipinski definition) is 1. The minimum Gasteiger partial charge on any atom is -0.399 e. The predicted octanol–water partition coefficient (Wildman–Crippen LogP) is 2.66. The molecule has 0 saturated carbocycles. The van der Waals surface area contributed by atoms with Crippen LogP contribution in [0.2, 0.25) is 0 Å². The van der Waals surface area contributed by atoms with Crippen LogP contribution in [0, 0.1) is 7.14 Å². The molecule has 0 aliphatic carbocycles. The zero-order chi connectivity index (χ0) is 10.1. The number of nitrogens with zero attached hydrogens (tertiary/aromatic N) is 2. The second-order valence-corrected chi connectivity index (χ2v) is 5.22. The summed E-state index contributed by atoms with van der Waals surface area (Å²) < 4.78 is 4.07. The summed E-state index contributed by atoms with van der Waals surface area (Å²) in [6, 6.07) is 5.79. The Morgan fingerprint density at radius 2 is 2.07 bits per heavy atom. The number of rotatable bonds is 1. The van der Waals surface area contributed by atoms with E-state index in [1.807, 2.05) is 35.3 Å². The first-order chi connectivity index (χ1) is 6.66. The molecule has 1 aromatic carbocycles. The molecule has 72 valence electrons. The van der Waals surface area contributed by atoms with Gasteiger partial charge in [0.05, 0.1) is 15.5 Å². The van der Waals surface area contributed by atoms with Crippen LogP contribution >= 0.6 is 45.2 Å². The average Bonchev–Trinajstić information content (AvgIpc) is 2.51. The van der Waals surface area contributed by atoms with Crippen LogP contribution in [-0.2, 0) is 0 Å². The molecule has 1 heterocycles. The summed E-state index contributed by atoms with van der Waals surface area (Å²) in [6.07, 6.45) is 3.81. The van der Waals surface area contributed by atoms with Crippen molar-refractivity contribution in [2.24, 2.45) is 0 Å². The highest BCUT2D eigenvalue weighted by molar-refractivity contribution is 14.1. The Balaban J connectivity index is 2.52. The molecule has 0 aliphatic heterocycles. The van der Waals surface area contributed by atoms with Crippen LogP contribution in [0.5, 0.6) is 0 Å². The molecule has 5 heteroatoms. The summed E-state index contributed by atoms with van der Waals surface area (Å²) >= 11 is 4.49. The molecular weight excluding hydrogens is 404 g/mol. The molecule has 0 unspecified atom stereocenters. The Labute approximate surface area is 109 Å². The summed E-state index contributed by atoms with van der Waals surface area (Å²) in [5.74, 6) is 0. The number of nitrogen functional groups attached to an aromatic ring is 1. The number of benzene rings is 1. The molecule has 2 aromatic rings. The molecule has 14 heavy (non-hydrogen) atoms. The summed E-state index contributed by atoms with van der Waals surface area (Å²) in [6.45, 7) is 0. The number of anilines is 1. The van der Waals surface area contributed by atoms with E-state index in [2.05, 4.69) is 50.3 Å². The van der Waals surface area contributed by atoms with Gasteiger partial charge >= 0.3 is 0 Å². The van der Waals surface area contributed by atoms with Gasteiger partial charge < -0.3 is 5.73 Å². The third kappa shape index (κ3) is 2.02.